The Morgan fingerprint density at radius 2 is 2.15 bits per heavy atom. The molecule has 1 aliphatic carbocycles. The van der Waals surface area contributed by atoms with E-state index in [9.17, 15) is 4.79 Å². The first-order valence-electron chi connectivity index (χ1n) is 7.35. The third-order valence-electron chi connectivity index (χ3n) is 4.32. The van der Waals surface area contributed by atoms with E-state index < -0.39 is 0 Å². The van der Waals surface area contributed by atoms with Crippen LogP contribution >= 0.6 is 11.8 Å². The van der Waals surface area contributed by atoms with Gasteiger partial charge in [-0.05, 0) is 30.9 Å². The summed E-state index contributed by atoms with van der Waals surface area (Å²) in [7, 11) is 0. The lowest BCUT2D eigenvalue weighted by Crippen LogP contribution is -2.59. The molecule has 1 fully saturated rings. The Morgan fingerprint density at radius 1 is 1.40 bits per heavy atom. The Balaban J connectivity index is 1.89. The number of hydrogen-bond acceptors (Lipinski definition) is 3. The third kappa shape index (κ3) is 3.76. The predicted octanol–water partition coefficient (Wildman–Crippen LogP) is 2.80. The van der Waals surface area contributed by atoms with Gasteiger partial charge in [-0.2, -0.15) is 0 Å². The maximum atomic E-state index is 12.2. The first-order valence-corrected chi connectivity index (χ1v) is 8.34. The van der Waals surface area contributed by atoms with Gasteiger partial charge in [0.15, 0.2) is 0 Å². The minimum absolute atomic E-state index is 0.0954. The summed E-state index contributed by atoms with van der Waals surface area (Å²) in [6.07, 6.45) is 4.57. The lowest BCUT2D eigenvalue weighted by molar-refractivity contribution is -0.121. The standard InChI is InChI=1S/C16H24N2OS/c1-13-7-5-6-10-16(13,12-17)18-15(19)11-20-14-8-3-2-4-9-14/h2-4,8-9,13H,5-7,10-12,17H2,1H3,(H,18,19). The topological polar surface area (TPSA) is 55.1 Å². The maximum absolute atomic E-state index is 12.2. The van der Waals surface area contributed by atoms with E-state index in [1.165, 1.54) is 6.42 Å². The van der Waals surface area contributed by atoms with E-state index in [-0.39, 0.29) is 11.4 Å². The second-order valence-electron chi connectivity index (χ2n) is 5.66. The van der Waals surface area contributed by atoms with Crippen LogP contribution in [0.15, 0.2) is 35.2 Å². The van der Waals surface area contributed by atoms with Gasteiger partial charge in [-0.25, -0.2) is 0 Å². The molecule has 2 rings (SSSR count). The van der Waals surface area contributed by atoms with Crippen molar-refractivity contribution in [3.8, 4) is 0 Å². The zero-order chi connectivity index (χ0) is 14.4. The molecule has 0 saturated heterocycles. The van der Waals surface area contributed by atoms with Crippen molar-refractivity contribution in [2.75, 3.05) is 12.3 Å². The van der Waals surface area contributed by atoms with Crippen molar-refractivity contribution in [1.82, 2.24) is 5.32 Å². The summed E-state index contributed by atoms with van der Waals surface area (Å²) in [5.41, 5.74) is 5.77. The number of thioether (sulfide) groups is 1. The van der Waals surface area contributed by atoms with Crippen LogP contribution in [-0.4, -0.2) is 23.7 Å². The number of nitrogens with one attached hydrogen (secondary N) is 1. The monoisotopic (exact) mass is 292 g/mol. The number of nitrogens with two attached hydrogens (primary N) is 1. The lowest BCUT2D eigenvalue weighted by Gasteiger charge is -2.42. The molecular weight excluding hydrogens is 268 g/mol. The molecule has 4 heteroatoms. The number of carbonyl (C=O) groups excluding carboxylic acids is 1. The number of rotatable bonds is 5. The molecule has 1 aromatic carbocycles. The predicted molar refractivity (Wildman–Crippen MR) is 84.7 cm³/mol. The second kappa shape index (κ2) is 7.14. The molecule has 2 unspecified atom stereocenters. The Hall–Kier alpha value is -1.00. The van der Waals surface area contributed by atoms with Gasteiger partial charge in [0.1, 0.15) is 0 Å². The van der Waals surface area contributed by atoms with Gasteiger partial charge in [-0.3, -0.25) is 4.79 Å². The first kappa shape index (κ1) is 15.4. The molecule has 0 aliphatic heterocycles. The molecule has 1 saturated carbocycles. The first-order chi connectivity index (χ1) is 9.66. The summed E-state index contributed by atoms with van der Waals surface area (Å²) >= 11 is 1.57. The summed E-state index contributed by atoms with van der Waals surface area (Å²) in [4.78, 5) is 13.3. The summed E-state index contributed by atoms with van der Waals surface area (Å²) < 4.78 is 0. The highest BCUT2D eigenvalue weighted by molar-refractivity contribution is 8.00. The molecule has 3 nitrogen and oxygen atoms in total. The average Bonchev–Trinajstić information content (AvgIpc) is 2.49. The molecule has 2 atom stereocenters. The Kier molecular flexibility index (Phi) is 5.49. The van der Waals surface area contributed by atoms with Crippen LogP contribution in [0, 0.1) is 5.92 Å². The molecule has 0 bridgehead atoms. The van der Waals surface area contributed by atoms with E-state index in [2.05, 4.69) is 12.2 Å². The van der Waals surface area contributed by atoms with Crippen LogP contribution in [0.2, 0.25) is 0 Å². The number of hydrogen-bond donors (Lipinski definition) is 2. The van der Waals surface area contributed by atoms with Gasteiger partial charge in [0.25, 0.3) is 0 Å². The van der Waals surface area contributed by atoms with Crippen molar-refractivity contribution in [3.63, 3.8) is 0 Å². The van der Waals surface area contributed by atoms with Crippen LogP contribution in [0.3, 0.4) is 0 Å². The highest BCUT2D eigenvalue weighted by Gasteiger charge is 2.38. The minimum atomic E-state index is -0.188. The zero-order valence-corrected chi connectivity index (χ0v) is 12.9. The average molecular weight is 292 g/mol. The molecule has 0 heterocycles. The fourth-order valence-corrected chi connectivity index (χ4v) is 3.65. The molecule has 0 aromatic heterocycles. The summed E-state index contributed by atoms with van der Waals surface area (Å²) in [5, 5.41) is 3.22. The number of carbonyl (C=O) groups is 1. The van der Waals surface area contributed by atoms with Crippen molar-refractivity contribution >= 4 is 17.7 Å². The van der Waals surface area contributed by atoms with Crippen LogP contribution in [0.5, 0.6) is 0 Å². The van der Waals surface area contributed by atoms with Crippen LogP contribution < -0.4 is 11.1 Å². The van der Waals surface area contributed by atoms with Gasteiger partial charge >= 0.3 is 0 Å². The number of benzene rings is 1. The largest absolute Gasteiger partial charge is 0.348 e. The third-order valence-corrected chi connectivity index (χ3v) is 5.33. The minimum Gasteiger partial charge on any atom is -0.348 e. The van der Waals surface area contributed by atoms with Crippen molar-refractivity contribution in [1.29, 1.82) is 0 Å². The van der Waals surface area contributed by atoms with Crippen molar-refractivity contribution in [3.05, 3.63) is 30.3 Å². The summed E-state index contributed by atoms with van der Waals surface area (Å²) in [6.45, 7) is 2.74. The van der Waals surface area contributed by atoms with Gasteiger partial charge in [0.2, 0.25) is 5.91 Å². The maximum Gasteiger partial charge on any atom is 0.230 e. The Morgan fingerprint density at radius 3 is 2.80 bits per heavy atom. The normalized spacial score (nSPS) is 26.2. The Bertz CT molecular complexity index is 437. The molecule has 110 valence electrons. The van der Waals surface area contributed by atoms with Crippen molar-refractivity contribution < 1.29 is 4.79 Å². The molecule has 3 N–H and O–H groups in total. The van der Waals surface area contributed by atoms with Gasteiger partial charge < -0.3 is 11.1 Å². The van der Waals surface area contributed by atoms with Crippen LogP contribution in [-0.2, 0) is 4.79 Å². The van der Waals surface area contributed by atoms with E-state index in [1.54, 1.807) is 11.8 Å². The van der Waals surface area contributed by atoms with Gasteiger partial charge in [-0.15, -0.1) is 11.8 Å². The molecular formula is C16H24N2OS. The molecule has 20 heavy (non-hydrogen) atoms. The molecule has 1 amide bonds. The van der Waals surface area contributed by atoms with Crippen molar-refractivity contribution in [2.24, 2.45) is 11.7 Å². The fourth-order valence-electron chi connectivity index (χ4n) is 2.93. The van der Waals surface area contributed by atoms with E-state index in [0.29, 0.717) is 18.2 Å². The summed E-state index contributed by atoms with van der Waals surface area (Å²) in [6, 6.07) is 10.0. The molecule has 0 spiro atoms. The van der Waals surface area contributed by atoms with Crippen molar-refractivity contribution in [2.45, 2.75) is 43.0 Å². The van der Waals surface area contributed by atoms with E-state index in [0.717, 1.165) is 24.2 Å². The van der Waals surface area contributed by atoms with Gasteiger partial charge in [-0.1, -0.05) is 38.0 Å². The fraction of sp³-hybridized carbons (Fsp3) is 0.562. The Labute approximate surface area is 125 Å². The van der Waals surface area contributed by atoms with Crippen LogP contribution in [0.1, 0.15) is 32.6 Å². The van der Waals surface area contributed by atoms with Crippen LogP contribution in [0.4, 0.5) is 0 Å². The van der Waals surface area contributed by atoms with E-state index in [4.69, 9.17) is 5.73 Å². The highest BCUT2D eigenvalue weighted by Crippen LogP contribution is 2.33. The van der Waals surface area contributed by atoms with E-state index >= 15 is 0 Å². The lowest BCUT2D eigenvalue weighted by atomic mass is 9.73. The van der Waals surface area contributed by atoms with Gasteiger partial charge in [0.05, 0.1) is 11.3 Å². The summed E-state index contributed by atoms with van der Waals surface area (Å²) in [5.74, 6) is 1.02. The highest BCUT2D eigenvalue weighted by atomic mass is 32.2. The van der Waals surface area contributed by atoms with Crippen LogP contribution in [0.25, 0.3) is 0 Å². The molecule has 0 radical (unpaired) electrons. The SMILES string of the molecule is CC1CCCCC1(CN)NC(=O)CSc1ccccc1. The molecule has 1 aliphatic rings. The zero-order valence-electron chi connectivity index (χ0n) is 12.1. The number of amides is 1. The van der Waals surface area contributed by atoms with Gasteiger partial charge in [0, 0.05) is 11.4 Å². The quantitative estimate of drug-likeness (QED) is 0.821. The van der Waals surface area contributed by atoms with E-state index in [1.807, 2.05) is 30.3 Å². The molecule has 1 aromatic rings. The smallest absolute Gasteiger partial charge is 0.230 e. The second-order valence-corrected chi connectivity index (χ2v) is 6.71.